The third-order valence-electron chi connectivity index (χ3n) is 3.34. The van der Waals surface area contributed by atoms with Crippen molar-refractivity contribution in [2.24, 2.45) is 5.41 Å². The normalized spacial score (nSPS) is 35.2. The van der Waals surface area contributed by atoms with Gasteiger partial charge >= 0.3 is 0 Å². The minimum atomic E-state index is 0.646. The van der Waals surface area contributed by atoms with E-state index in [2.05, 4.69) is 17.6 Å². The Morgan fingerprint density at radius 1 is 1.45 bits per heavy atom. The summed E-state index contributed by atoms with van der Waals surface area (Å²) in [5.74, 6) is 0. The van der Waals surface area contributed by atoms with E-state index in [9.17, 15) is 0 Å². The molecule has 2 aliphatic rings. The highest BCUT2D eigenvalue weighted by Crippen LogP contribution is 2.36. The standard InChI is InChI=1S/C9H18N2/c1-2-8-9(6-10-7-9)4-3-5-11-8/h8,10-11H,2-7H2,1H3. The Balaban J connectivity index is 2.02. The first kappa shape index (κ1) is 7.56. The third kappa shape index (κ3) is 1.09. The molecule has 0 radical (unpaired) electrons. The summed E-state index contributed by atoms with van der Waals surface area (Å²) in [5.41, 5.74) is 0.646. The Hall–Kier alpha value is -0.0800. The van der Waals surface area contributed by atoms with Gasteiger partial charge in [0, 0.05) is 24.5 Å². The molecule has 2 saturated heterocycles. The molecule has 11 heavy (non-hydrogen) atoms. The zero-order valence-corrected chi connectivity index (χ0v) is 7.32. The summed E-state index contributed by atoms with van der Waals surface area (Å²) in [5, 5.41) is 7.02. The first-order chi connectivity index (χ1) is 5.37. The molecule has 2 N–H and O–H groups in total. The molecule has 2 rings (SSSR count). The van der Waals surface area contributed by atoms with E-state index in [0.717, 1.165) is 6.04 Å². The van der Waals surface area contributed by atoms with Gasteiger partial charge in [0.15, 0.2) is 0 Å². The van der Waals surface area contributed by atoms with Gasteiger partial charge in [0.25, 0.3) is 0 Å². The molecular formula is C9H18N2. The molecule has 0 aromatic heterocycles. The minimum absolute atomic E-state index is 0.646. The fourth-order valence-corrected chi connectivity index (χ4v) is 2.55. The zero-order valence-electron chi connectivity index (χ0n) is 7.32. The van der Waals surface area contributed by atoms with E-state index in [1.54, 1.807) is 0 Å². The van der Waals surface area contributed by atoms with E-state index >= 15 is 0 Å². The molecule has 2 fully saturated rings. The highest BCUT2D eigenvalue weighted by molar-refractivity contribution is 5.02. The van der Waals surface area contributed by atoms with E-state index in [4.69, 9.17) is 0 Å². The average Bonchev–Trinajstić information content (AvgIpc) is 2.01. The lowest BCUT2D eigenvalue weighted by molar-refractivity contribution is 0.0634. The van der Waals surface area contributed by atoms with Gasteiger partial charge in [-0.2, -0.15) is 0 Å². The molecule has 2 nitrogen and oxygen atoms in total. The predicted molar refractivity (Wildman–Crippen MR) is 46.6 cm³/mol. The summed E-state index contributed by atoms with van der Waals surface area (Å²) in [4.78, 5) is 0. The molecule has 2 aliphatic heterocycles. The van der Waals surface area contributed by atoms with Gasteiger partial charge < -0.3 is 10.6 Å². The van der Waals surface area contributed by atoms with Crippen molar-refractivity contribution in [1.82, 2.24) is 10.6 Å². The predicted octanol–water partition coefficient (Wildman–Crippen LogP) is 0.738. The molecule has 0 aromatic rings. The Morgan fingerprint density at radius 3 is 2.73 bits per heavy atom. The molecule has 1 atom stereocenters. The van der Waals surface area contributed by atoms with E-state index < -0.39 is 0 Å². The summed E-state index contributed by atoms with van der Waals surface area (Å²) in [6, 6.07) is 0.789. The maximum absolute atomic E-state index is 3.62. The van der Waals surface area contributed by atoms with Crippen molar-refractivity contribution in [3.05, 3.63) is 0 Å². The van der Waals surface area contributed by atoms with Crippen molar-refractivity contribution in [3.8, 4) is 0 Å². The smallest absolute Gasteiger partial charge is 0.0145 e. The zero-order chi connectivity index (χ0) is 7.73. The molecular weight excluding hydrogens is 136 g/mol. The van der Waals surface area contributed by atoms with Crippen LogP contribution >= 0.6 is 0 Å². The van der Waals surface area contributed by atoms with Crippen molar-refractivity contribution in [2.75, 3.05) is 19.6 Å². The van der Waals surface area contributed by atoms with Crippen molar-refractivity contribution in [1.29, 1.82) is 0 Å². The van der Waals surface area contributed by atoms with Crippen LogP contribution in [0.3, 0.4) is 0 Å². The van der Waals surface area contributed by atoms with Gasteiger partial charge in [0.2, 0.25) is 0 Å². The van der Waals surface area contributed by atoms with E-state index in [1.165, 1.54) is 38.9 Å². The lowest BCUT2D eigenvalue weighted by Crippen LogP contribution is -2.65. The van der Waals surface area contributed by atoms with E-state index in [-0.39, 0.29) is 0 Å². The topological polar surface area (TPSA) is 24.1 Å². The number of rotatable bonds is 1. The number of hydrogen-bond acceptors (Lipinski definition) is 2. The highest BCUT2D eigenvalue weighted by atomic mass is 15.1. The summed E-state index contributed by atoms with van der Waals surface area (Å²) in [7, 11) is 0. The molecule has 0 saturated carbocycles. The summed E-state index contributed by atoms with van der Waals surface area (Å²) in [6.07, 6.45) is 4.10. The molecule has 0 aliphatic carbocycles. The van der Waals surface area contributed by atoms with Crippen molar-refractivity contribution >= 4 is 0 Å². The fraction of sp³-hybridized carbons (Fsp3) is 1.00. The average molecular weight is 154 g/mol. The van der Waals surface area contributed by atoms with E-state index in [1.807, 2.05) is 0 Å². The second-order valence-corrected chi connectivity index (χ2v) is 3.98. The Morgan fingerprint density at radius 2 is 2.27 bits per heavy atom. The molecule has 0 aromatic carbocycles. The van der Waals surface area contributed by atoms with Crippen LogP contribution in [0.25, 0.3) is 0 Å². The van der Waals surface area contributed by atoms with Crippen LogP contribution in [0.15, 0.2) is 0 Å². The lowest BCUT2D eigenvalue weighted by Gasteiger charge is -2.51. The van der Waals surface area contributed by atoms with E-state index in [0.29, 0.717) is 5.41 Å². The van der Waals surface area contributed by atoms with Gasteiger partial charge in [0.05, 0.1) is 0 Å². The van der Waals surface area contributed by atoms with Crippen LogP contribution in [-0.2, 0) is 0 Å². The Bertz CT molecular complexity index is 140. The number of nitrogens with one attached hydrogen (secondary N) is 2. The maximum atomic E-state index is 3.62. The second kappa shape index (κ2) is 2.76. The Kier molecular flexibility index (Phi) is 1.90. The largest absolute Gasteiger partial charge is 0.315 e. The number of piperidine rings is 1. The molecule has 1 unspecified atom stereocenters. The van der Waals surface area contributed by atoms with Crippen LogP contribution in [0.5, 0.6) is 0 Å². The van der Waals surface area contributed by atoms with Crippen LogP contribution < -0.4 is 10.6 Å². The quantitative estimate of drug-likeness (QED) is 0.582. The molecule has 1 spiro atoms. The van der Waals surface area contributed by atoms with Gasteiger partial charge in [0.1, 0.15) is 0 Å². The van der Waals surface area contributed by atoms with Crippen molar-refractivity contribution in [2.45, 2.75) is 32.2 Å². The second-order valence-electron chi connectivity index (χ2n) is 3.98. The molecule has 0 amide bonds. The SMILES string of the molecule is CCC1NCCCC12CNC2. The van der Waals surface area contributed by atoms with Crippen LogP contribution in [0.4, 0.5) is 0 Å². The molecule has 2 heteroatoms. The van der Waals surface area contributed by atoms with Gasteiger partial charge in [-0.1, -0.05) is 6.92 Å². The van der Waals surface area contributed by atoms with Crippen LogP contribution in [0.1, 0.15) is 26.2 Å². The summed E-state index contributed by atoms with van der Waals surface area (Å²) < 4.78 is 0. The van der Waals surface area contributed by atoms with Crippen LogP contribution in [-0.4, -0.2) is 25.7 Å². The van der Waals surface area contributed by atoms with Crippen LogP contribution in [0, 0.1) is 5.41 Å². The lowest BCUT2D eigenvalue weighted by atomic mass is 9.68. The highest BCUT2D eigenvalue weighted by Gasteiger charge is 2.44. The maximum Gasteiger partial charge on any atom is 0.0145 e. The molecule has 64 valence electrons. The third-order valence-corrected chi connectivity index (χ3v) is 3.34. The fourth-order valence-electron chi connectivity index (χ4n) is 2.55. The van der Waals surface area contributed by atoms with Gasteiger partial charge in [-0.3, -0.25) is 0 Å². The van der Waals surface area contributed by atoms with Crippen LogP contribution in [0.2, 0.25) is 0 Å². The van der Waals surface area contributed by atoms with Gasteiger partial charge in [-0.15, -0.1) is 0 Å². The van der Waals surface area contributed by atoms with Crippen molar-refractivity contribution in [3.63, 3.8) is 0 Å². The summed E-state index contributed by atoms with van der Waals surface area (Å²) in [6.45, 7) is 6.03. The van der Waals surface area contributed by atoms with Gasteiger partial charge in [-0.25, -0.2) is 0 Å². The number of hydrogen-bond donors (Lipinski definition) is 2. The Labute approximate surface area is 68.7 Å². The summed E-state index contributed by atoms with van der Waals surface area (Å²) >= 11 is 0. The minimum Gasteiger partial charge on any atom is -0.315 e. The van der Waals surface area contributed by atoms with Gasteiger partial charge in [-0.05, 0) is 25.8 Å². The monoisotopic (exact) mass is 154 g/mol. The first-order valence-electron chi connectivity index (χ1n) is 4.81. The molecule has 2 heterocycles. The van der Waals surface area contributed by atoms with Crippen molar-refractivity contribution < 1.29 is 0 Å². The first-order valence-corrected chi connectivity index (χ1v) is 4.81. The molecule has 0 bridgehead atoms.